The fourth-order valence-electron chi connectivity index (χ4n) is 2.11. The molecule has 2 N–H and O–H groups in total. The van der Waals surface area contributed by atoms with Gasteiger partial charge in [-0.2, -0.15) is 0 Å². The van der Waals surface area contributed by atoms with Crippen molar-refractivity contribution in [2.24, 2.45) is 0 Å². The minimum absolute atomic E-state index is 0.127. The normalized spacial score (nSPS) is 10.1. The maximum absolute atomic E-state index is 12.0. The fourth-order valence-corrected chi connectivity index (χ4v) is 2.34. The summed E-state index contributed by atoms with van der Waals surface area (Å²) in [6.07, 6.45) is 0. The maximum atomic E-state index is 12.0. The molecule has 0 bridgehead atoms. The van der Waals surface area contributed by atoms with Crippen molar-refractivity contribution in [1.82, 2.24) is 0 Å². The summed E-state index contributed by atoms with van der Waals surface area (Å²) in [4.78, 5) is 23.6. The van der Waals surface area contributed by atoms with Crippen LogP contribution in [0.1, 0.15) is 22.8 Å². The van der Waals surface area contributed by atoms with Crippen LogP contribution in [0, 0.1) is 6.92 Å². The number of nitrogens with one attached hydrogen (secondary N) is 2. The van der Waals surface area contributed by atoms with Crippen LogP contribution in [-0.4, -0.2) is 25.0 Å². The molecule has 0 saturated carbocycles. The Labute approximate surface area is 146 Å². The number of aryl methyl sites for hydroxylation is 1. The highest BCUT2D eigenvalue weighted by molar-refractivity contribution is 6.30. The van der Waals surface area contributed by atoms with Crippen LogP contribution in [0.15, 0.2) is 42.5 Å². The molecule has 0 heterocycles. The van der Waals surface area contributed by atoms with Crippen LogP contribution in [0.3, 0.4) is 0 Å². The molecule has 0 saturated heterocycles. The molecule has 2 rings (SSSR count). The van der Waals surface area contributed by atoms with Crippen LogP contribution in [0.5, 0.6) is 0 Å². The number of anilines is 2. The van der Waals surface area contributed by atoms with Gasteiger partial charge in [-0.3, -0.25) is 4.79 Å². The molecule has 2 aromatic carbocycles. The quantitative estimate of drug-likeness (QED) is 0.779. The molecule has 0 fully saturated rings. The largest absolute Gasteiger partial charge is 0.462 e. The molecule has 0 spiro atoms. The van der Waals surface area contributed by atoms with Crippen molar-refractivity contribution in [2.75, 3.05) is 23.8 Å². The second kappa shape index (κ2) is 8.36. The summed E-state index contributed by atoms with van der Waals surface area (Å²) in [5, 5.41) is 6.48. The highest BCUT2D eigenvalue weighted by Gasteiger charge is 2.07. The summed E-state index contributed by atoms with van der Waals surface area (Å²) in [7, 11) is 0. The van der Waals surface area contributed by atoms with E-state index >= 15 is 0 Å². The molecule has 5 nitrogen and oxygen atoms in total. The molecule has 1 amide bonds. The fraction of sp³-hybridized carbons (Fsp3) is 0.222. The first-order valence-corrected chi connectivity index (χ1v) is 7.94. The Kier molecular flexibility index (Phi) is 6.21. The number of hydrogen-bond acceptors (Lipinski definition) is 4. The van der Waals surface area contributed by atoms with Crippen LogP contribution in [0.4, 0.5) is 11.4 Å². The molecule has 0 aliphatic rings. The number of carbonyl (C=O) groups is 2. The van der Waals surface area contributed by atoms with Gasteiger partial charge in [-0.25, -0.2) is 4.79 Å². The third-order valence-corrected chi connectivity index (χ3v) is 3.54. The Morgan fingerprint density at radius 2 is 1.83 bits per heavy atom. The predicted molar refractivity (Wildman–Crippen MR) is 95.7 cm³/mol. The van der Waals surface area contributed by atoms with Gasteiger partial charge in [0.25, 0.3) is 0 Å². The van der Waals surface area contributed by atoms with Gasteiger partial charge < -0.3 is 15.4 Å². The molecule has 126 valence electrons. The molecular formula is C18H19ClN2O3. The van der Waals surface area contributed by atoms with Gasteiger partial charge in [0.05, 0.1) is 18.7 Å². The summed E-state index contributed by atoms with van der Waals surface area (Å²) in [5.74, 6) is -0.566. The summed E-state index contributed by atoms with van der Waals surface area (Å²) in [6, 6.07) is 12.0. The summed E-state index contributed by atoms with van der Waals surface area (Å²) >= 11 is 5.90. The number of hydrogen-bond donors (Lipinski definition) is 2. The van der Waals surface area contributed by atoms with E-state index in [0.717, 1.165) is 11.3 Å². The summed E-state index contributed by atoms with van der Waals surface area (Å²) < 4.78 is 4.91. The second-order valence-electron chi connectivity index (χ2n) is 5.16. The van der Waals surface area contributed by atoms with Gasteiger partial charge in [0.1, 0.15) is 0 Å². The van der Waals surface area contributed by atoms with Gasteiger partial charge >= 0.3 is 5.97 Å². The van der Waals surface area contributed by atoms with E-state index < -0.39 is 0 Å². The molecule has 0 aliphatic heterocycles. The van der Waals surface area contributed by atoms with Crippen molar-refractivity contribution in [2.45, 2.75) is 13.8 Å². The van der Waals surface area contributed by atoms with Gasteiger partial charge in [0.15, 0.2) is 0 Å². The van der Waals surface area contributed by atoms with Crippen molar-refractivity contribution in [1.29, 1.82) is 0 Å². The standard InChI is InChI=1S/C18H19ClN2O3/c1-3-24-18(23)13-4-7-15(8-5-13)21-17(22)11-20-16-9-6-14(19)10-12(16)2/h4-10,20H,3,11H2,1-2H3,(H,21,22). The second-order valence-corrected chi connectivity index (χ2v) is 5.60. The molecule has 0 aromatic heterocycles. The lowest BCUT2D eigenvalue weighted by Gasteiger charge is -2.10. The average Bonchev–Trinajstić information content (AvgIpc) is 2.55. The lowest BCUT2D eigenvalue weighted by atomic mass is 10.2. The smallest absolute Gasteiger partial charge is 0.338 e. The van der Waals surface area contributed by atoms with Gasteiger partial charge in [-0.1, -0.05) is 11.6 Å². The van der Waals surface area contributed by atoms with Crippen LogP contribution >= 0.6 is 11.6 Å². The van der Waals surface area contributed by atoms with E-state index in [0.29, 0.717) is 22.9 Å². The van der Waals surface area contributed by atoms with Crippen molar-refractivity contribution in [3.8, 4) is 0 Å². The first-order valence-electron chi connectivity index (χ1n) is 7.56. The van der Waals surface area contributed by atoms with Crippen LogP contribution in [0.25, 0.3) is 0 Å². The molecule has 0 radical (unpaired) electrons. The lowest BCUT2D eigenvalue weighted by molar-refractivity contribution is -0.114. The van der Waals surface area contributed by atoms with Gasteiger partial charge in [0.2, 0.25) is 5.91 Å². The number of esters is 1. The Morgan fingerprint density at radius 1 is 1.12 bits per heavy atom. The van der Waals surface area contributed by atoms with Crippen molar-refractivity contribution in [3.63, 3.8) is 0 Å². The molecule has 0 unspecified atom stereocenters. The maximum Gasteiger partial charge on any atom is 0.338 e. The van der Waals surface area contributed by atoms with Crippen LogP contribution in [0.2, 0.25) is 5.02 Å². The monoisotopic (exact) mass is 346 g/mol. The highest BCUT2D eigenvalue weighted by atomic mass is 35.5. The van der Waals surface area contributed by atoms with Crippen molar-refractivity contribution in [3.05, 3.63) is 58.6 Å². The average molecular weight is 347 g/mol. The molecule has 2 aromatic rings. The number of carbonyl (C=O) groups excluding carboxylic acids is 2. The third kappa shape index (κ3) is 4.99. The molecular weight excluding hydrogens is 328 g/mol. The lowest BCUT2D eigenvalue weighted by Crippen LogP contribution is -2.22. The van der Waals surface area contributed by atoms with Crippen LogP contribution < -0.4 is 10.6 Å². The zero-order valence-corrected chi connectivity index (χ0v) is 14.3. The number of ether oxygens (including phenoxy) is 1. The molecule has 0 aliphatic carbocycles. The predicted octanol–water partition coefficient (Wildman–Crippen LogP) is 3.88. The highest BCUT2D eigenvalue weighted by Crippen LogP contribution is 2.19. The van der Waals surface area contributed by atoms with Gasteiger partial charge in [0, 0.05) is 16.4 Å². The number of benzene rings is 2. The topological polar surface area (TPSA) is 67.4 Å². The number of amides is 1. The Balaban J connectivity index is 1.89. The van der Waals surface area contributed by atoms with Crippen LogP contribution in [-0.2, 0) is 9.53 Å². The number of halogens is 1. The molecule has 24 heavy (non-hydrogen) atoms. The zero-order chi connectivity index (χ0) is 17.5. The first kappa shape index (κ1) is 17.8. The Bertz CT molecular complexity index is 730. The van der Waals surface area contributed by atoms with E-state index in [1.54, 1.807) is 37.3 Å². The zero-order valence-electron chi connectivity index (χ0n) is 13.6. The SMILES string of the molecule is CCOC(=O)c1ccc(NC(=O)CNc2ccc(Cl)cc2C)cc1. The van der Waals surface area contributed by atoms with Gasteiger partial charge in [-0.15, -0.1) is 0 Å². The van der Waals surface area contributed by atoms with Gasteiger partial charge in [-0.05, 0) is 61.9 Å². The van der Waals surface area contributed by atoms with E-state index in [-0.39, 0.29) is 18.4 Å². The first-order chi connectivity index (χ1) is 11.5. The molecule has 0 atom stereocenters. The van der Waals surface area contributed by atoms with Crippen molar-refractivity contribution >= 4 is 34.9 Å². The minimum Gasteiger partial charge on any atom is -0.462 e. The minimum atomic E-state index is -0.379. The summed E-state index contributed by atoms with van der Waals surface area (Å²) in [6.45, 7) is 4.12. The Morgan fingerprint density at radius 3 is 2.46 bits per heavy atom. The van der Waals surface area contributed by atoms with E-state index in [9.17, 15) is 9.59 Å². The Hall–Kier alpha value is -2.53. The van der Waals surface area contributed by atoms with E-state index in [2.05, 4.69) is 10.6 Å². The number of rotatable bonds is 6. The van der Waals surface area contributed by atoms with E-state index in [4.69, 9.17) is 16.3 Å². The van der Waals surface area contributed by atoms with E-state index in [1.807, 2.05) is 19.1 Å². The van der Waals surface area contributed by atoms with E-state index in [1.165, 1.54) is 0 Å². The molecule has 6 heteroatoms. The summed E-state index contributed by atoms with van der Waals surface area (Å²) in [5.41, 5.74) is 2.88. The third-order valence-electron chi connectivity index (χ3n) is 3.31. The van der Waals surface area contributed by atoms with Crippen molar-refractivity contribution < 1.29 is 14.3 Å².